The van der Waals surface area contributed by atoms with Crippen molar-refractivity contribution in [3.05, 3.63) is 65.2 Å². The molecule has 2 aliphatic heterocycles. The number of fused-ring (bicyclic) bond motifs is 2. The molecule has 0 spiro atoms. The van der Waals surface area contributed by atoms with Crippen molar-refractivity contribution in [2.45, 2.75) is 18.7 Å². The molecule has 30 heavy (non-hydrogen) atoms. The molecule has 1 amide bonds. The van der Waals surface area contributed by atoms with Crippen LogP contribution < -0.4 is 4.74 Å². The molecule has 0 radical (unpaired) electrons. The van der Waals surface area contributed by atoms with Gasteiger partial charge in [-0.3, -0.25) is 19.4 Å². The Labute approximate surface area is 179 Å². The quantitative estimate of drug-likeness (QED) is 0.648. The largest absolute Gasteiger partial charge is 0.486 e. The van der Waals surface area contributed by atoms with E-state index in [2.05, 4.69) is 15.0 Å². The van der Waals surface area contributed by atoms with Crippen LogP contribution in [0.25, 0.3) is 11.1 Å². The number of nitrogens with zero attached hydrogens (tertiary/aromatic N) is 5. The van der Waals surface area contributed by atoms with Gasteiger partial charge in [0.1, 0.15) is 11.9 Å². The zero-order valence-corrected chi connectivity index (χ0v) is 17.6. The molecule has 5 rings (SSSR count). The van der Waals surface area contributed by atoms with Gasteiger partial charge in [0.05, 0.1) is 22.8 Å². The van der Waals surface area contributed by atoms with E-state index in [0.717, 1.165) is 29.8 Å². The summed E-state index contributed by atoms with van der Waals surface area (Å²) in [4.78, 5) is 21.3. The Morgan fingerprint density at radius 3 is 2.80 bits per heavy atom. The lowest BCUT2D eigenvalue weighted by atomic mass is 10.1. The number of aromatic nitrogens is 3. The summed E-state index contributed by atoms with van der Waals surface area (Å²) in [5, 5.41) is 4.89. The molecule has 0 bridgehead atoms. The fourth-order valence-electron chi connectivity index (χ4n) is 4.27. The molecule has 1 aromatic carbocycles. The summed E-state index contributed by atoms with van der Waals surface area (Å²) in [6.07, 6.45) is 7.06. The van der Waals surface area contributed by atoms with Crippen LogP contribution in [0.1, 0.15) is 15.9 Å². The highest BCUT2D eigenvalue weighted by Crippen LogP contribution is 2.34. The minimum absolute atomic E-state index is 0.0148. The Hall–Kier alpha value is -2.90. The van der Waals surface area contributed by atoms with Crippen molar-refractivity contribution in [2.75, 3.05) is 20.1 Å². The molecule has 7 nitrogen and oxygen atoms in total. The molecule has 0 N–H and O–H groups in total. The minimum atomic E-state index is -0.107. The van der Waals surface area contributed by atoms with Gasteiger partial charge >= 0.3 is 0 Å². The summed E-state index contributed by atoms with van der Waals surface area (Å²) in [6, 6.07) is 7.66. The number of aryl methyl sites for hydroxylation is 1. The van der Waals surface area contributed by atoms with Crippen LogP contribution in [0.2, 0.25) is 5.02 Å². The number of ether oxygens (including phenoxy) is 1. The van der Waals surface area contributed by atoms with Crippen LogP contribution in [0.4, 0.5) is 0 Å². The first-order valence-electron chi connectivity index (χ1n) is 9.87. The van der Waals surface area contributed by atoms with Crippen LogP contribution in [-0.2, 0) is 13.6 Å². The number of hydrogen-bond donors (Lipinski definition) is 0. The average Bonchev–Trinajstić information content (AvgIpc) is 3.32. The number of pyridine rings is 1. The first kappa shape index (κ1) is 19.1. The number of carbonyl (C=O) groups excluding carboxylic acids is 1. The molecule has 2 aromatic heterocycles. The summed E-state index contributed by atoms with van der Waals surface area (Å²) in [6.45, 7) is 2.15. The first-order valence-corrected chi connectivity index (χ1v) is 10.2. The number of benzene rings is 1. The predicted molar refractivity (Wildman–Crippen MR) is 113 cm³/mol. The Bertz CT molecular complexity index is 1110. The van der Waals surface area contributed by atoms with E-state index < -0.39 is 0 Å². The first-order chi connectivity index (χ1) is 14.5. The molecule has 0 aliphatic carbocycles. The second-order valence-corrected chi connectivity index (χ2v) is 8.32. The Balaban J connectivity index is 1.42. The molecule has 0 unspecified atom stereocenters. The number of hydrogen-bond acceptors (Lipinski definition) is 5. The number of amides is 1. The highest BCUT2D eigenvalue weighted by atomic mass is 35.5. The van der Waals surface area contributed by atoms with Crippen LogP contribution in [-0.4, -0.2) is 62.8 Å². The highest BCUT2D eigenvalue weighted by molar-refractivity contribution is 6.31. The molecule has 0 saturated carbocycles. The van der Waals surface area contributed by atoms with Crippen molar-refractivity contribution in [2.24, 2.45) is 7.05 Å². The van der Waals surface area contributed by atoms with E-state index in [-0.39, 0.29) is 18.1 Å². The summed E-state index contributed by atoms with van der Waals surface area (Å²) >= 11 is 6.29. The normalized spacial score (nSPS) is 21.2. The van der Waals surface area contributed by atoms with E-state index in [1.807, 2.05) is 55.7 Å². The highest BCUT2D eigenvalue weighted by Gasteiger charge is 2.42. The van der Waals surface area contributed by atoms with E-state index in [9.17, 15) is 4.79 Å². The van der Waals surface area contributed by atoms with E-state index in [1.54, 1.807) is 17.1 Å². The standard InChI is InChI=1S/C22H22ClN5O2/c1-26-10-16(8-25-26)14-3-4-17-20(7-14)30-21-13-28(12-19(21)27(2)22(17)29)11-15-5-6-24-9-18(15)23/h3-10,19,21H,11-13H2,1-2H3/t19-,21+/m1/s1. The molecular weight excluding hydrogens is 402 g/mol. The molecule has 4 heterocycles. The van der Waals surface area contributed by atoms with E-state index >= 15 is 0 Å². The monoisotopic (exact) mass is 423 g/mol. The van der Waals surface area contributed by atoms with Gasteiger partial charge in [-0.1, -0.05) is 17.7 Å². The van der Waals surface area contributed by atoms with Gasteiger partial charge in [-0.2, -0.15) is 5.10 Å². The fraction of sp³-hybridized carbons (Fsp3) is 0.318. The van der Waals surface area contributed by atoms with Crippen LogP contribution in [0.15, 0.2) is 49.1 Å². The summed E-state index contributed by atoms with van der Waals surface area (Å²) in [5.74, 6) is 0.614. The van der Waals surface area contributed by atoms with Gasteiger partial charge in [-0.05, 0) is 29.3 Å². The maximum atomic E-state index is 13.1. The third-order valence-corrected chi connectivity index (χ3v) is 6.25. The lowest BCUT2D eigenvalue weighted by molar-refractivity contribution is 0.0682. The zero-order chi connectivity index (χ0) is 20.8. The van der Waals surface area contributed by atoms with Crippen molar-refractivity contribution >= 4 is 17.5 Å². The number of likely N-dealkylation sites (tertiary alicyclic amines) is 1. The second kappa shape index (κ2) is 7.41. The van der Waals surface area contributed by atoms with Crippen LogP contribution in [0, 0.1) is 0 Å². The average molecular weight is 424 g/mol. The molecule has 8 heteroatoms. The summed E-state index contributed by atoms with van der Waals surface area (Å²) in [5.41, 5.74) is 3.60. The number of likely N-dealkylation sites (N-methyl/N-ethyl adjacent to an activating group) is 1. The molecule has 2 aliphatic rings. The van der Waals surface area contributed by atoms with Crippen LogP contribution >= 0.6 is 11.6 Å². The molecule has 3 aromatic rings. The van der Waals surface area contributed by atoms with Crippen molar-refractivity contribution in [1.82, 2.24) is 24.6 Å². The van der Waals surface area contributed by atoms with Gasteiger partial charge < -0.3 is 9.64 Å². The molecule has 2 atom stereocenters. The third kappa shape index (κ3) is 3.34. The van der Waals surface area contributed by atoms with Crippen LogP contribution in [0.3, 0.4) is 0 Å². The van der Waals surface area contributed by atoms with Crippen molar-refractivity contribution in [3.8, 4) is 16.9 Å². The molecule has 154 valence electrons. The maximum Gasteiger partial charge on any atom is 0.257 e. The molecule has 1 saturated heterocycles. The zero-order valence-electron chi connectivity index (χ0n) is 16.8. The van der Waals surface area contributed by atoms with E-state index in [0.29, 0.717) is 22.9 Å². The minimum Gasteiger partial charge on any atom is -0.486 e. The topological polar surface area (TPSA) is 63.5 Å². The van der Waals surface area contributed by atoms with Gasteiger partial charge in [0.15, 0.2) is 0 Å². The lowest BCUT2D eigenvalue weighted by Gasteiger charge is -2.25. The van der Waals surface area contributed by atoms with Crippen molar-refractivity contribution in [3.63, 3.8) is 0 Å². The summed E-state index contributed by atoms with van der Waals surface area (Å²) < 4.78 is 8.17. The van der Waals surface area contributed by atoms with Gasteiger partial charge in [-0.25, -0.2) is 0 Å². The number of halogens is 1. The van der Waals surface area contributed by atoms with E-state index in [1.165, 1.54) is 0 Å². The smallest absolute Gasteiger partial charge is 0.257 e. The predicted octanol–water partition coefficient (Wildman–Crippen LogP) is 2.85. The van der Waals surface area contributed by atoms with Gasteiger partial charge in [-0.15, -0.1) is 0 Å². The Kier molecular flexibility index (Phi) is 4.72. The molecule has 1 fully saturated rings. The van der Waals surface area contributed by atoms with Crippen LogP contribution in [0.5, 0.6) is 5.75 Å². The Morgan fingerprint density at radius 2 is 2.03 bits per heavy atom. The number of rotatable bonds is 3. The van der Waals surface area contributed by atoms with E-state index in [4.69, 9.17) is 16.3 Å². The maximum absolute atomic E-state index is 13.1. The molecular formula is C22H22ClN5O2. The van der Waals surface area contributed by atoms with Crippen molar-refractivity contribution < 1.29 is 9.53 Å². The summed E-state index contributed by atoms with van der Waals surface area (Å²) in [7, 11) is 3.74. The van der Waals surface area contributed by atoms with Gasteiger partial charge in [0.25, 0.3) is 5.91 Å². The van der Waals surface area contributed by atoms with Gasteiger partial charge in [0, 0.05) is 57.9 Å². The fourth-order valence-corrected chi connectivity index (χ4v) is 4.45. The SMILES string of the molecule is CN1C(=O)c2ccc(-c3cnn(C)c3)cc2O[C@H]2CN(Cc3ccncc3Cl)C[C@H]21. The van der Waals surface area contributed by atoms with Gasteiger partial charge in [0.2, 0.25) is 0 Å². The van der Waals surface area contributed by atoms with Crippen molar-refractivity contribution in [1.29, 1.82) is 0 Å². The Morgan fingerprint density at radius 1 is 1.17 bits per heavy atom. The third-order valence-electron chi connectivity index (χ3n) is 5.91. The lowest BCUT2D eigenvalue weighted by Crippen LogP contribution is -2.44. The second-order valence-electron chi connectivity index (χ2n) is 7.91. The number of carbonyl (C=O) groups is 1.